The average molecular weight is 180 g/mol. The van der Waals surface area contributed by atoms with E-state index in [1.54, 1.807) is 5.57 Å². The van der Waals surface area contributed by atoms with Gasteiger partial charge in [0.15, 0.2) is 0 Å². The van der Waals surface area contributed by atoms with Crippen molar-refractivity contribution < 1.29 is 9.90 Å². The summed E-state index contributed by atoms with van der Waals surface area (Å²) >= 11 is 0. The number of rotatable bonds is 3. The zero-order chi connectivity index (χ0) is 9.42. The van der Waals surface area contributed by atoms with Gasteiger partial charge in [-0.3, -0.25) is 4.79 Å². The summed E-state index contributed by atoms with van der Waals surface area (Å²) in [5, 5.41) is 8.67. The maximum absolute atomic E-state index is 10.5. The first-order valence-electron chi connectivity index (χ1n) is 5.12. The molecule has 3 unspecified atom stereocenters. The van der Waals surface area contributed by atoms with Gasteiger partial charge in [0, 0.05) is 6.42 Å². The van der Waals surface area contributed by atoms with Gasteiger partial charge in [-0.25, -0.2) is 0 Å². The molecule has 72 valence electrons. The zero-order valence-electron chi connectivity index (χ0n) is 7.99. The molecule has 0 aromatic heterocycles. The van der Waals surface area contributed by atoms with Crippen LogP contribution in [0.2, 0.25) is 0 Å². The Morgan fingerprint density at radius 1 is 1.69 bits per heavy atom. The Bertz CT molecular complexity index is 255. The predicted octanol–water partition coefficient (Wildman–Crippen LogP) is 2.45. The summed E-state index contributed by atoms with van der Waals surface area (Å²) in [6, 6.07) is 0. The molecule has 1 fully saturated rings. The fourth-order valence-corrected chi connectivity index (χ4v) is 2.77. The maximum atomic E-state index is 10.5. The van der Waals surface area contributed by atoms with E-state index in [-0.39, 0.29) is 0 Å². The fraction of sp³-hybridized carbons (Fsp3) is 0.727. The Morgan fingerprint density at radius 3 is 3.08 bits per heavy atom. The van der Waals surface area contributed by atoms with E-state index >= 15 is 0 Å². The molecule has 13 heavy (non-hydrogen) atoms. The van der Waals surface area contributed by atoms with Crippen LogP contribution in [0.4, 0.5) is 0 Å². The first-order chi connectivity index (χ1) is 6.20. The van der Waals surface area contributed by atoms with Crippen LogP contribution in [0.25, 0.3) is 0 Å². The second-order valence-electron chi connectivity index (χ2n) is 4.31. The van der Waals surface area contributed by atoms with E-state index in [4.69, 9.17) is 5.11 Å². The summed E-state index contributed by atoms with van der Waals surface area (Å²) in [5.41, 5.74) is 1.54. The summed E-state index contributed by atoms with van der Waals surface area (Å²) in [5.74, 6) is 1.19. The van der Waals surface area contributed by atoms with Crippen LogP contribution in [0.5, 0.6) is 0 Å². The van der Waals surface area contributed by atoms with Gasteiger partial charge in [-0.1, -0.05) is 18.6 Å². The molecule has 0 aromatic rings. The lowest BCUT2D eigenvalue weighted by atomic mass is 9.65. The van der Waals surface area contributed by atoms with Gasteiger partial charge in [-0.05, 0) is 37.0 Å². The van der Waals surface area contributed by atoms with Crippen LogP contribution < -0.4 is 0 Å². The lowest BCUT2D eigenvalue weighted by Gasteiger charge is -2.39. The Kier molecular flexibility index (Phi) is 2.14. The van der Waals surface area contributed by atoms with Gasteiger partial charge in [0.25, 0.3) is 0 Å². The van der Waals surface area contributed by atoms with E-state index in [1.807, 2.05) is 0 Å². The minimum Gasteiger partial charge on any atom is -0.481 e. The monoisotopic (exact) mass is 180 g/mol. The lowest BCUT2D eigenvalue weighted by molar-refractivity contribution is -0.139. The highest BCUT2D eigenvalue weighted by molar-refractivity contribution is 5.67. The molecule has 1 N–H and O–H groups in total. The predicted molar refractivity (Wildman–Crippen MR) is 50.3 cm³/mol. The third kappa shape index (κ3) is 1.50. The van der Waals surface area contributed by atoms with Gasteiger partial charge < -0.3 is 5.11 Å². The number of fused-ring (bicyclic) bond motifs is 1. The lowest BCUT2D eigenvalue weighted by Crippen LogP contribution is -2.34. The molecular weight excluding hydrogens is 164 g/mol. The van der Waals surface area contributed by atoms with Crippen LogP contribution in [0.15, 0.2) is 11.6 Å². The SMILES string of the molecule is CCC1=CC2C(CC(=O)O)CC2C1. The molecule has 0 spiro atoms. The van der Waals surface area contributed by atoms with E-state index in [1.165, 1.54) is 6.42 Å². The summed E-state index contributed by atoms with van der Waals surface area (Å²) in [6.07, 6.45) is 6.22. The van der Waals surface area contributed by atoms with Crippen molar-refractivity contribution in [3.63, 3.8) is 0 Å². The minimum absolute atomic E-state index is 0.370. The van der Waals surface area contributed by atoms with Crippen LogP contribution in [-0.4, -0.2) is 11.1 Å². The molecule has 1 saturated carbocycles. The largest absolute Gasteiger partial charge is 0.481 e. The fourth-order valence-electron chi connectivity index (χ4n) is 2.77. The van der Waals surface area contributed by atoms with Crippen molar-refractivity contribution >= 4 is 5.97 Å². The van der Waals surface area contributed by atoms with Crippen molar-refractivity contribution in [3.8, 4) is 0 Å². The molecule has 2 aliphatic carbocycles. The molecule has 0 aliphatic heterocycles. The Hall–Kier alpha value is -0.790. The quantitative estimate of drug-likeness (QED) is 0.677. The third-order valence-corrected chi connectivity index (χ3v) is 3.54. The van der Waals surface area contributed by atoms with E-state index in [2.05, 4.69) is 13.0 Å². The molecule has 3 atom stereocenters. The first-order valence-corrected chi connectivity index (χ1v) is 5.12. The number of carboxylic acid groups (broad SMARTS) is 1. The van der Waals surface area contributed by atoms with Crippen molar-refractivity contribution in [2.24, 2.45) is 17.8 Å². The summed E-state index contributed by atoms with van der Waals surface area (Å²) < 4.78 is 0. The van der Waals surface area contributed by atoms with Crippen LogP contribution in [0, 0.1) is 17.8 Å². The van der Waals surface area contributed by atoms with Crippen molar-refractivity contribution in [1.29, 1.82) is 0 Å². The highest BCUT2D eigenvalue weighted by Crippen LogP contribution is 2.51. The van der Waals surface area contributed by atoms with Crippen molar-refractivity contribution in [2.75, 3.05) is 0 Å². The number of hydrogen-bond donors (Lipinski definition) is 1. The molecule has 0 heterocycles. The average Bonchev–Trinajstić information content (AvgIpc) is 2.38. The summed E-state index contributed by atoms with van der Waals surface area (Å²) in [7, 11) is 0. The van der Waals surface area contributed by atoms with Crippen LogP contribution in [-0.2, 0) is 4.79 Å². The number of carbonyl (C=O) groups is 1. The molecule has 0 saturated heterocycles. The molecule has 2 rings (SSSR count). The third-order valence-electron chi connectivity index (χ3n) is 3.54. The van der Waals surface area contributed by atoms with Gasteiger partial charge in [0.1, 0.15) is 0 Å². The molecule has 0 amide bonds. The summed E-state index contributed by atoms with van der Waals surface area (Å²) in [6.45, 7) is 2.18. The van der Waals surface area contributed by atoms with Gasteiger partial charge in [-0.15, -0.1) is 0 Å². The Balaban J connectivity index is 1.93. The van der Waals surface area contributed by atoms with Gasteiger partial charge in [0.05, 0.1) is 0 Å². The van der Waals surface area contributed by atoms with E-state index in [0.29, 0.717) is 18.3 Å². The van der Waals surface area contributed by atoms with Crippen LogP contribution in [0.1, 0.15) is 32.6 Å². The van der Waals surface area contributed by atoms with E-state index in [0.717, 1.165) is 18.8 Å². The second-order valence-corrected chi connectivity index (χ2v) is 4.31. The molecule has 0 bridgehead atoms. The van der Waals surface area contributed by atoms with Crippen molar-refractivity contribution in [1.82, 2.24) is 0 Å². The van der Waals surface area contributed by atoms with E-state index in [9.17, 15) is 4.79 Å². The second kappa shape index (κ2) is 3.17. The highest BCUT2D eigenvalue weighted by atomic mass is 16.4. The smallest absolute Gasteiger partial charge is 0.303 e. The van der Waals surface area contributed by atoms with Gasteiger partial charge in [-0.2, -0.15) is 0 Å². The number of aliphatic carboxylic acids is 1. The topological polar surface area (TPSA) is 37.3 Å². The Morgan fingerprint density at radius 2 is 2.46 bits per heavy atom. The van der Waals surface area contributed by atoms with Crippen molar-refractivity contribution in [2.45, 2.75) is 32.6 Å². The highest BCUT2D eigenvalue weighted by Gasteiger charge is 2.43. The molecular formula is C11H16O2. The molecule has 2 heteroatoms. The van der Waals surface area contributed by atoms with E-state index < -0.39 is 5.97 Å². The van der Waals surface area contributed by atoms with Gasteiger partial charge in [0.2, 0.25) is 0 Å². The minimum atomic E-state index is -0.637. The number of allylic oxidation sites excluding steroid dienone is 2. The van der Waals surface area contributed by atoms with Crippen LogP contribution >= 0.6 is 0 Å². The standard InChI is InChI=1S/C11H16O2/c1-2-7-3-8-5-9(6-11(12)13)10(8)4-7/h4,8-10H,2-3,5-6H2,1H3,(H,12,13). The van der Waals surface area contributed by atoms with Crippen LogP contribution in [0.3, 0.4) is 0 Å². The number of carboxylic acids is 1. The zero-order valence-corrected chi connectivity index (χ0v) is 7.99. The normalized spacial score (nSPS) is 36.4. The van der Waals surface area contributed by atoms with Crippen molar-refractivity contribution in [3.05, 3.63) is 11.6 Å². The molecule has 2 nitrogen and oxygen atoms in total. The molecule has 2 aliphatic rings. The first kappa shape index (κ1) is 8.79. The number of hydrogen-bond acceptors (Lipinski definition) is 1. The van der Waals surface area contributed by atoms with Gasteiger partial charge >= 0.3 is 5.97 Å². The summed E-state index contributed by atoms with van der Waals surface area (Å²) in [4.78, 5) is 10.5. The maximum Gasteiger partial charge on any atom is 0.303 e. The Labute approximate surface area is 78.6 Å². The molecule has 0 radical (unpaired) electrons. The molecule has 0 aromatic carbocycles.